The summed E-state index contributed by atoms with van der Waals surface area (Å²) in [6, 6.07) is 0. The van der Waals surface area contributed by atoms with Gasteiger partial charge in [0.1, 0.15) is 25.5 Å². The highest BCUT2D eigenvalue weighted by Gasteiger charge is 2.26. The smallest absolute Gasteiger partial charge is 0.311 e. The second-order valence-electron chi connectivity index (χ2n) is 5.62. The molecule has 116 valence electrons. The molecule has 0 saturated carbocycles. The fourth-order valence-corrected chi connectivity index (χ4v) is 1.63. The summed E-state index contributed by atoms with van der Waals surface area (Å²) in [7, 11) is 0. The molecule has 0 aliphatic carbocycles. The van der Waals surface area contributed by atoms with Crippen molar-refractivity contribution in [1.29, 1.82) is 0 Å². The van der Waals surface area contributed by atoms with Crippen LogP contribution in [-0.2, 0) is 22.6 Å². The van der Waals surface area contributed by atoms with E-state index >= 15 is 0 Å². The van der Waals surface area contributed by atoms with Crippen LogP contribution < -0.4 is 21.5 Å². The van der Waals surface area contributed by atoms with Gasteiger partial charge < -0.3 is 21.7 Å². The van der Waals surface area contributed by atoms with Crippen LogP contribution in [0.4, 0.5) is 0 Å². The van der Waals surface area contributed by atoms with E-state index in [1.54, 1.807) is 0 Å². The van der Waals surface area contributed by atoms with Crippen molar-refractivity contribution >= 4 is 5.97 Å². The molecular weight excluding hydrogens is 320 g/mol. The van der Waals surface area contributed by atoms with Crippen LogP contribution >= 0.6 is 0 Å². The van der Waals surface area contributed by atoms with Crippen LogP contribution in [0.1, 0.15) is 47.0 Å². The van der Waals surface area contributed by atoms with Gasteiger partial charge in [-0.1, -0.05) is 20.3 Å². The third-order valence-corrected chi connectivity index (χ3v) is 3.54. The number of nitrogens with zero attached hydrogens (tertiary/aromatic N) is 2. The summed E-state index contributed by atoms with van der Waals surface area (Å²) in [4.78, 5) is 11.8. The number of halogens is 1. The Morgan fingerprint density at radius 1 is 1.35 bits per heavy atom. The molecule has 0 N–H and O–H groups in total. The number of hydrogen-bond donors (Lipinski definition) is 0. The Morgan fingerprint density at radius 3 is 2.65 bits per heavy atom. The molecule has 0 saturated heterocycles. The zero-order valence-corrected chi connectivity index (χ0v) is 14.6. The van der Waals surface area contributed by atoms with Gasteiger partial charge in [0.25, 0.3) is 0 Å². The summed E-state index contributed by atoms with van der Waals surface area (Å²) in [6.45, 7) is 10.2. The Hall–Kier alpha value is -0.840. The lowest BCUT2D eigenvalue weighted by atomic mass is 9.91. The number of aromatic nitrogens is 2. The Morgan fingerprint density at radius 2 is 2.05 bits per heavy atom. The number of aryl methyl sites for hydroxylation is 1. The van der Waals surface area contributed by atoms with Crippen molar-refractivity contribution in [3.8, 4) is 0 Å². The van der Waals surface area contributed by atoms with E-state index in [2.05, 4.69) is 28.6 Å². The number of rotatable bonds is 8. The normalized spacial score (nSPS) is 11.0. The SMILES string of the molecule is CCCC[n+]1ccn(CCOC(=O)C(C)(C)CC)c1.[Br-]. The summed E-state index contributed by atoms with van der Waals surface area (Å²) in [5.74, 6) is -0.110. The summed E-state index contributed by atoms with van der Waals surface area (Å²) in [5.41, 5.74) is -0.377. The Labute approximate surface area is 132 Å². The molecule has 0 fully saturated rings. The van der Waals surface area contributed by atoms with E-state index in [9.17, 15) is 4.79 Å². The van der Waals surface area contributed by atoms with Gasteiger partial charge in [-0.05, 0) is 26.7 Å². The molecule has 1 rings (SSSR count). The first-order valence-corrected chi connectivity index (χ1v) is 7.21. The first-order chi connectivity index (χ1) is 8.99. The van der Waals surface area contributed by atoms with Gasteiger partial charge in [-0.15, -0.1) is 0 Å². The fourth-order valence-electron chi connectivity index (χ4n) is 1.63. The molecule has 0 bridgehead atoms. The van der Waals surface area contributed by atoms with Gasteiger partial charge in [0.2, 0.25) is 6.33 Å². The van der Waals surface area contributed by atoms with Crippen LogP contribution in [0.15, 0.2) is 18.7 Å². The van der Waals surface area contributed by atoms with Crippen molar-refractivity contribution < 1.29 is 31.1 Å². The second kappa shape index (κ2) is 9.16. The lowest BCUT2D eigenvalue weighted by molar-refractivity contribution is -0.696. The van der Waals surface area contributed by atoms with Gasteiger partial charge in [0.05, 0.1) is 12.0 Å². The van der Waals surface area contributed by atoms with Gasteiger partial charge >= 0.3 is 5.97 Å². The number of carbonyl (C=O) groups is 1. The Balaban J connectivity index is 0.00000361. The van der Waals surface area contributed by atoms with Gasteiger partial charge in [-0.2, -0.15) is 0 Å². The number of esters is 1. The first-order valence-electron chi connectivity index (χ1n) is 7.21. The topological polar surface area (TPSA) is 35.1 Å². The van der Waals surface area contributed by atoms with Crippen LogP contribution in [0, 0.1) is 5.41 Å². The highest BCUT2D eigenvalue weighted by atomic mass is 79.9. The molecular formula is C15H27BrN2O2. The Kier molecular flexibility index (Phi) is 8.78. The third-order valence-electron chi connectivity index (χ3n) is 3.54. The van der Waals surface area contributed by atoms with Crippen LogP contribution in [-0.4, -0.2) is 17.1 Å². The highest BCUT2D eigenvalue weighted by molar-refractivity contribution is 5.75. The molecule has 0 atom stereocenters. The zero-order chi connectivity index (χ0) is 14.3. The number of ether oxygens (including phenoxy) is 1. The molecule has 1 aromatic rings. The maximum atomic E-state index is 11.8. The van der Waals surface area contributed by atoms with Crippen LogP contribution in [0.25, 0.3) is 0 Å². The van der Waals surface area contributed by atoms with Crippen LogP contribution in [0.3, 0.4) is 0 Å². The molecule has 0 aromatic carbocycles. The Bertz CT molecular complexity index is 402. The molecule has 0 aliphatic rings. The number of hydrogen-bond acceptors (Lipinski definition) is 2. The van der Waals surface area contributed by atoms with E-state index < -0.39 is 0 Å². The average Bonchev–Trinajstić information content (AvgIpc) is 2.84. The average molecular weight is 347 g/mol. The highest BCUT2D eigenvalue weighted by Crippen LogP contribution is 2.21. The summed E-state index contributed by atoms with van der Waals surface area (Å²) in [5, 5.41) is 0. The summed E-state index contributed by atoms with van der Waals surface area (Å²) in [6.07, 6.45) is 9.33. The third kappa shape index (κ3) is 6.07. The van der Waals surface area contributed by atoms with E-state index in [1.165, 1.54) is 12.8 Å². The lowest BCUT2D eigenvalue weighted by Gasteiger charge is -2.19. The van der Waals surface area contributed by atoms with Crippen molar-refractivity contribution in [1.82, 2.24) is 4.57 Å². The molecule has 0 aliphatic heterocycles. The minimum absolute atomic E-state index is 0. The van der Waals surface area contributed by atoms with Gasteiger partial charge in [-0.25, -0.2) is 9.13 Å². The molecule has 0 spiro atoms. The molecule has 5 heteroatoms. The quantitative estimate of drug-likeness (QED) is 0.472. The predicted molar refractivity (Wildman–Crippen MR) is 74.6 cm³/mol. The predicted octanol–water partition coefficient (Wildman–Crippen LogP) is -0.441. The summed E-state index contributed by atoms with van der Waals surface area (Å²) < 4.78 is 9.55. The van der Waals surface area contributed by atoms with E-state index in [0.29, 0.717) is 13.2 Å². The van der Waals surface area contributed by atoms with Gasteiger partial charge in [0.15, 0.2) is 0 Å². The minimum atomic E-state index is -0.377. The van der Waals surface area contributed by atoms with E-state index in [0.717, 1.165) is 13.0 Å². The second-order valence-corrected chi connectivity index (χ2v) is 5.62. The standard InChI is InChI=1S/C15H27N2O2.BrH/c1-5-7-8-16-9-10-17(13-16)11-12-19-14(18)15(3,4)6-2;/h9-10,13H,5-8,11-12H2,1-4H3;1H/q+1;/p-1. The molecule has 0 amide bonds. The van der Waals surface area contributed by atoms with Gasteiger partial charge in [-0.3, -0.25) is 4.79 Å². The zero-order valence-electron chi connectivity index (χ0n) is 13.1. The number of carbonyl (C=O) groups excluding carboxylic acids is 1. The molecule has 1 heterocycles. The van der Waals surface area contributed by atoms with E-state index in [1.807, 2.05) is 27.0 Å². The molecule has 4 nitrogen and oxygen atoms in total. The maximum absolute atomic E-state index is 11.8. The van der Waals surface area contributed by atoms with Gasteiger partial charge in [0, 0.05) is 0 Å². The van der Waals surface area contributed by atoms with E-state index in [-0.39, 0.29) is 28.4 Å². The number of imidazole rings is 1. The van der Waals surface area contributed by atoms with Crippen LogP contribution in [0.2, 0.25) is 0 Å². The van der Waals surface area contributed by atoms with E-state index in [4.69, 9.17) is 4.74 Å². The number of unbranched alkanes of at least 4 members (excludes halogenated alkanes) is 1. The van der Waals surface area contributed by atoms with Crippen LogP contribution in [0.5, 0.6) is 0 Å². The monoisotopic (exact) mass is 346 g/mol. The fraction of sp³-hybridized carbons (Fsp3) is 0.733. The largest absolute Gasteiger partial charge is 1.00 e. The van der Waals surface area contributed by atoms with Crippen molar-refractivity contribution in [2.45, 2.75) is 60.0 Å². The minimum Gasteiger partial charge on any atom is -1.00 e. The molecule has 1 aromatic heterocycles. The molecule has 20 heavy (non-hydrogen) atoms. The molecule has 0 radical (unpaired) electrons. The first kappa shape index (κ1) is 19.2. The van der Waals surface area contributed by atoms with Crippen molar-refractivity contribution in [3.05, 3.63) is 18.7 Å². The lowest BCUT2D eigenvalue weighted by Crippen LogP contribution is -3.00. The van der Waals surface area contributed by atoms with Crippen molar-refractivity contribution in [2.75, 3.05) is 6.61 Å². The van der Waals surface area contributed by atoms with Crippen molar-refractivity contribution in [3.63, 3.8) is 0 Å². The summed E-state index contributed by atoms with van der Waals surface area (Å²) >= 11 is 0. The molecule has 0 unspecified atom stereocenters. The van der Waals surface area contributed by atoms with Crippen molar-refractivity contribution in [2.24, 2.45) is 5.41 Å². The maximum Gasteiger partial charge on any atom is 0.311 e.